The Kier molecular flexibility index (Phi) is 11.0. The minimum absolute atomic E-state index is 0.337. The second kappa shape index (κ2) is 13.2. The van der Waals surface area contributed by atoms with Crippen molar-refractivity contribution in [2.45, 2.75) is 40.0 Å². The zero-order valence-corrected chi connectivity index (χ0v) is 17.4. The van der Waals surface area contributed by atoms with Crippen LogP contribution in [0.1, 0.15) is 37.6 Å². The van der Waals surface area contributed by atoms with Gasteiger partial charge in [0.25, 0.3) is 0 Å². The smallest absolute Gasteiger partial charge is 0.330 e. The van der Waals surface area contributed by atoms with Gasteiger partial charge >= 0.3 is 11.9 Å². The van der Waals surface area contributed by atoms with Crippen LogP contribution in [-0.2, 0) is 19.1 Å². The number of esters is 2. The van der Waals surface area contributed by atoms with Crippen molar-refractivity contribution < 1.29 is 28.3 Å². The Hall–Kier alpha value is -3.00. The Bertz CT molecular complexity index is 800. The van der Waals surface area contributed by atoms with Crippen LogP contribution in [-0.4, -0.2) is 42.4 Å². The van der Waals surface area contributed by atoms with Crippen LogP contribution in [0.2, 0.25) is 0 Å². The number of unbranched alkanes of at least 4 members (excludes halogenated alkanes) is 2. The van der Waals surface area contributed by atoms with E-state index in [0.29, 0.717) is 24.1 Å². The van der Waals surface area contributed by atoms with Crippen molar-refractivity contribution in [2.24, 2.45) is 0 Å². The molecule has 1 heterocycles. The summed E-state index contributed by atoms with van der Waals surface area (Å²) in [5, 5.41) is 3.82. The van der Waals surface area contributed by atoms with Crippen LogP contribution in [0.15, 0.2) is 35.4 Å². The SMILES string of the molecule is C=CC(=O)OCCCCCOC.CC(=O)Oc1ccc(-c2noc(C)n2)cc1C. The molecule has 0 saturated carbocycles. The molecule has 0 fully saturated rings. The number of hydrogen-bond acceptors (Lipinski definition) is 8. The first kappa shape index (κ1) is 24.0. The van der Waals surface area contributed by atoms with Crippen LogP contribution in [0.4, 0.5) is 0 Å². The molecule has 0 unspecified atom stereocenters. The van der Waals surface area contributed by atoms with Crippen molar-refractivity contribution in [1.29, 1.82) is 0 Å². The van der Waals surface area contributed by atoms with Crippen LogP contribution in [0.25, 0.3) is 11.4 Å². The van der Waals surface area contributed by atoms with Crippen molar-refractivity contribution in [3.8, 4) is 17.1 Å². The summed E-state index contributed by atoms with van der Waals surface area (Å²) in [6.07, 6.45) is 4.11. The van der Waals surface area contributed by atoms with Crippen LogP contribution in [0.3, 0.4) is 0 Å². The highest BCUT2D eigenvalue weighted by Crippen LogP contribution is 2.24. The van der Waals surface area contributed by atoms with E-state index in [9.17, 15) is 9.59 Å². The summed E-state index contributed by atoms with van der Waals surface area (Å²) in [5.41, 5.74) is 1.68. The number of carbonyl (C=O) groups is 2. The Balaban J connectivity index is 0.000000311. The maximum absolute atomic E-state index is 10.9. The topological polar surface area (TPSA) is 101 Å². The number of nitrogens with zero attached hydrogens (tertiary/aromatic N) is 2. The first-order valence-electron chi connectivity index (χ1n) is 9.25. The van der Waals surface area contributed by atoms with Gasteiger partial charge in [-0.15, -0.1) is 0 Å². The van der Waals surface area contributed by atoms with E-state index in [0.717, 1.165) is 37.0 Å². The van der Waals surface area contributed by atoms with Gasteiger partial charge in [0.05, 0.1) is 6.61 Å². The number of methoxy groups -OCH3 is 1. The molecule has 0 aliphatic rings. The minimum Gasteiger partial charge on any atom is -0.463 e. The van der Waals surface area contributed by atoms with Gasteiger partial charge in [-0.25, -0.2) is 4.79 Å². The summed E-state index contributed by atoms with van der Waals surface area (Å²) in [6, 6.07) is 5.36. The Labute approximate surface area is 170 Å². The number of benzene rings is 1. The summed E-state index contributed by atoms with van der Waals surface area (Å²) in [6.45, 7) is 9.51. The largest absolute Gasteiger partial charge is 0.463 e. The zero-order valence-electron chi connectivity index (χ0n) is 17.4. The third kappa shape index (κ3) is 9.66. The van der Waals surface area contributed by atoms with Crippen LogP contribution >= 0.6 is 0 Å². The lowest BCUT2D eigenvalue weighted by atomic mass is 10.1. The van der Waals surface area contributed by atoms with E-state index in [-0.39, 0.29) is 11.9 Å². The highest BCUT2D eigenvalue weighted by Gasteiger charge is 2.09. The molecule has 0 spiro atoms. The number of hydrogen-bond donors (Lipinski definition) is 0. The van der Waals surface area contributed by atoms with E-state index in [4.69, 9.17) is 18.7 Å². The minimum atomic E-state index is -0.346. The molecule has 0 radical (unpaired) electrons. The fourth-order valence-corrected chi connectivity index (χ4v) is 2.23. The van der Waals surface area contributed by atoms with E-state index in [1.807, 2.05) is 13.0 Å². The fraction of sp³-hybridized carbons (Fsp3) is 0.429. The van der Waals surface area contributed by atoms with Crippen molar-refractivity contribution in [3.63, 3.8) is 0 Å². The Morgan fingerprint density at radius 3 is 2.45 bits per heavy atom. The molecule has 158 valence electrons. The molecule has 0 amide bonds. The maximum Gasteiger partial charge on any atom is 0.330 e. The van der Waals surface area contributed by atoms with Crippen LogP contribution in [0, 0.1) is 13.8 Å². The number of ether oxygens (including phenoxy) is 3. The summed E-state index contributed by atoms with van der Waals surface area (Å²) < 4.78 is 19.6. The monoisotopic (exact) mass is 404 g/mol. The highest BCUT2D eigenvalue weighted by molar-refractivity contribution is 5.81. The van der Waals surface area contributed by atoms with Crippen molar-refractivity contribution >= 4 is 11.9 Å². The first-order valence-corrected chi connectivity index (χ1v) is 9.25. The van der Waals surface area contributed by atoms with Crippen LogP contribution in [0.5, 0.6) is 5.75 Å². The molecule has 0 aliphatic heterocycles. The summed E-state index contributed by atoms with van der Waals surface area (Å²) in [5.74, 6) is 0.904. The third-order valence-electron chi connectivity index (χ3n) is 3.62. The Morgan fingerprint density at radius 2 is 1.90 bits per heavy atom. The molecule has 0 saturated heterocycles. The van der Waals surface area contributed by atoms with Crippen molar-refractivity contribution in [3.05, 3.63) is 42.3 Å². The number of carbonyl (C=O) groups excluding carboxylic acids is 2. The predicted molar refractivity (Wildman–Crippen MR) is 107 cm³/mol. The van der Waals surface area contributed by atoms with Gasteiger partial charge in [0, 0.05) is 39.2 Å². The molecule has 0 bridgehead atoms. The normalized spacial score (nSPS) is 9.93. The summed E-state index contributed by atoms with van der Waals surface area (Å²) >= 11 is 0. The molecule has 0 atom stereocenters. The molecule has 2 aromatic rings. The van der Waals surface area contributed by atoms with Crippen LogP contribution < -0.4 is 4.74 Å². The number of rotatable bonds is 9. The predicted octanol–water partition coefficient (Wildman–Crippen LogP) is 3.81. The second-order valence-electron chi connectivity index (χ2n) is 6.14. The molecule has 0 N–H and O–H groups in total. The van der Waals surface area contributed by atoms with Gasteiger partial charge in [-0.1, -0.05) is 11.7 Å². The van der Waals surface area contributed by atoms with Gasteiger partial charge in [0.2, 0.25) is 11.7 Å². The average Bonchev–Trinajstić information content (AvgIpc) is 3.12. The van der Waals surface area contributed by atoms with Crippen molar-refractivity contribution in [1.82, 2.24) is 10.1 Å². The lowest BCUT2D eigenvalue weighted by Gasteiger charge is -2.05. The van der Waals surface area contributed by atoms with Gasteiger partial charge in [-0.05, 0) is 49.9 Å². The lowest BCUT2D eigenvalue weighted by Crippen LogP contribution is -2.02. The average molecular weight is 404 g/mol. The number of aromatic nitrogens is 2. The zero-order chi connectivity index (χ0) is 21.6. The van der Waals surface area contributed by atoms with E-state index in [1.165, 1.54) is 13.0 Å². The molecule has 29 heavy (non-hydrogen) atoms. The third-order valence-corrected chi connectivity index (χ3v) is 3.62. The van der Waals surface area contributed by atoms with E-state index in [1.54, 1.807) is 26.2 Å². The second-order valence-corrected chi connectivity index (χ2v) is 6.14. The van der Waals surface area contributed by atoms with E-state index in [2.05, 4.69) is 16.7 Å². The van der Waals surface area contributed by atoms with Gasteiger partial charge in [-0.2, -0.15) is 4.98 Å². The number of aryl methyl sites for hydroxylation is 2. The standard InChI is InChI=1S/C12H12N2O3.C9H16O3/c1-7-6-10(12-13-8(2)17-14-12)4-5-11(7)16-9(3)15;1-3-9(10)12-8-6-4-5-7-11-2/h4-6H,1-3H3;3H,1,4-8H2,2H3. The van der Waals surface area contributed by atoms with Gasteiger partial charge in [-0.3, -0.25) is 4.79 Å². The lowest BCUT2D eigenvalue weighted by molar-refractivity contribution is -0.138. The fourth-order valence-electron chi connectivity index (χ4n) is 2.23. The molecule has 8 nitrogen and oxygen atoms in total. The molecule has 2 rings (SSSR count). The molecular weight excluding hydrogens is 376 g/mol. The maximum atomic E-state index is 10.9. The quantitative estimate of drug-likeness (QED) is 0.269. The summed E-state index contributed by atoms with van der Waals surface area (Å²) in [4.78, 5) is 25.5. The van der Waals surface area contributed by atoms with Gasteiger partial charge in [0.1, 0.15) is 5.75 Å². The molecular formula is C21H28N2O6. The van der Waals surface area contributed by atoms with Gasteiger partial charge < -0.3 is 18.7 Å². The van der Waals surface area contributed by atoms with Gasteiger partial charge in [0.15, 0.2) is 0 Å². The first-order chi connectivity index (χ1) is 13.9. The molecule has 8 heteroatoms. The molecule has 1 aromatic heterocycles. The van der Waals surface area contributed by atoms with Crippen molar-refractivity contribution in [2.75, 3.05) is 20.3 Å². The summed E-state index contributed by atoms with van der Waals surface area (Å²) in [7, 11) is 1.68. The molecule has 1 aromatic carbocycles. The molecule has 0 aliphatic carbocycles. The van der Waals surface area contributed by atoms with E-state index >= 15 is 0 Å². The highest BCUT2D eigenvalue weighted by atomic mass is 16.5. The van der Waals surface area contributed by atoms with E-state index < -0.39 is 0 Å². The Morgan fingerprint density at radius 1 is 1.17 bits per heavy atom.